The molecule has 116 valence electrons. The van der Waals surface area contributed by atoms with Crippen molar-refractivity contribution in [2.75, 3.05) is 6.54 Å². The molecule has 0 saturated heterocycles. The van der Waals surface area contributed by atoms with E-state index in [9.17, 15) is 4.79 Å². The van der Waals surface area contributed by atoms with Crippen molar-refractivity contribution in [3.8, 4) is 0 Å². The molecule has 2 aromatic carbocycles. The molecule has 1 N–H and O–H groups in total. The summed E-state index contributed by atoms with van der Waals surface area (Å²) in [6.07, 6.45) is 2.42. The molecule has 2 aromatic rings. The van der Waals surface area contributed by atoms with Gasteiger partial charge in [-0.15, -0.1) is 0 Å². The predicted octanol–water partition coefficient (Wildman–Crippen LogP) is 3.79. The average molecular weight is 295 g/mol. The minimum Gasteiger partial charge on any atom is -0.355 e. The zero-order valence-corrected chi connectivity index (χ0v) is 13.5. The first-order valence-corrected chi connectivity index (χ1v) is 8.02. The minimum atomic E-state index is 0.0903. The molecular weight excluding hydrogens is 270 g/mol. The molecule has 0 bridgehead atoms. The number of amides is 1. The van der Waals surface area contributed by atoms with Gasteiger partial charge in [0.15, 0.2) is 0 Å². The third kappa shape index (κ3) is 5.72. The van der Waals surface area contributed by atoms with Crippen LogP contribution in [0, 0.1) is 5.92 Å². The molecule has 0 radical (unpaired) electrons. The Balaban J connectivity index is 1.74. The minimum absolute atomic E-state index is 0.0903. The number of nitrogens with one attached hydrogen (secondary N) is 1. The van der Waals surface area contributed by atoms with Gasteiger partial charge in [0.1, 0.15) is 0 Å². The van der Waals surface area contributed by atoms with Crippen molar-refractivity contribution in [2.45, 2.75) is 33.1 Å². The summed E-state index contributed by atoms with van der Waals surface area (Å²) in [6, 6.07) is 18.6. The van der Waals surface area contributed by atoms with Crippen LogP contribution in [0.25, 0.3) is 0 Å². The van der Waals surface area contributed by atoms with Gasteiger partial charge in [-0.2, -0.15) is 0 Å². The third-order valence-electron chi connectivity index (χ3n) is 3.61. The van der Waals surface area contributed by atoms with Crippen LogP contribution in [0.2, 0.25) is 0 Å². The number of rotatable bonds is 7. The van der Waals surface area contributed by atoms with Crippen molar-refractivity contribution in [1.29, 1.82) is 0 Å². The number of hydrogen-bond acceptors (Lipinski definition) is 1. The van der Waals surface area contributed by atoms with Gasteiger partial charge >= 0.3 is 0 Å². The molecule has 0 fully saturated rings. The van der Waals surface area contributed by atoms with Crippen LogP contribution in [0.3, 0.4) is 0 Å². The zero-order valence-electron chi connectivity index (χ0n) is 13.5. The van der Waals surface area contributed by atoms with E-state index in [1.54, 1.807) is 0 Å². The van der Waals surface area contributed by atoms with Crippen LogP contribution >= 0.6 is 0 Å². The molecule has 0 aliphatic carbocycles. The van der Waals surface area contributed by atoms with Gasteiger partial charge in [0.05, 0.1) is 6.42 Å². The first kappa shape index (κ1) is 16.3. The Morgan fingerprint density at radius 1 is 0.909 bits per heavy atom. The molecule has 0 aliphatic heterocycles. The lowest BCUT2D eigenvalue weighted by molar-refractivity contribution is -0.120. The van der Waals surface area contributed by atoms with Crippen LogP contribution in [0.1, 0.15) is 30.5 Å². The largest absolute Gasteiger partial charge is 0.355 e. The fraction of sp³-hybridized carbons (Fsp3) is 0.350. The predicted molar refractivity (Wildman–Crippen MR) is 91.8 cm³/mol. The van der Waals surface area contributed by atoms with E-state index >= 15 is 0 Å². The third-order valence-corrected chi connectivity index (χ3v) is 3.61. The van der Waals surface area contributed by atoms with Gasteiger partial charge in [-0.1, -0.05) is 68.4 Å². The summed E-state index contributed by atoms with van der Waals surface area (Å²) in [6.45, 7) is 5.12. The van der Waals surface area contributed by atoms with Gasteiger partial charge in [-0.05, 0) is 35.4 Å². The summed E-state index contributed by atoms with van der Waals surface area (Å²) < 4.78 is 0. The fourth-order valence-electron chi connectivity index (χ4n) is 2.50. The van der Waals surface area contributed by atoms with Gasteiger partial charge in [0.25, 0.3) is 0 Å². The first-order valence-electron chi connectivity index (χ1n) is 8.02. The van der Waals surface area contributed by atoms with Gasteiger partial charge in [0, 0.05) is 6.54 Å². The summed E-state index contributed by atoms with van der Waals surface area (Å²) in [5.41, 5.74) is 3.66. The van der Waals surface area contributed by atoms with E-state index in [0.717, 1.165) is 18.4 Å². The van der Waals surface area contributed by atoms with E-state index in [-0.39, 0.29) is 5.91 Å². The Bertz CT molecular complexity index is 572. The van der Waals surface area contributed by atoms with Crippen molar-refractivity contribution in [1.82, 2.24) is 5.32 Å². The molecule has 22 heavy (non-hydrogen) atoms. The van der Waals surface area contributed by atoms with E-state index in [1.165, 1.54) is 11.1 Å². The van der Waals surface area contributed by atoms with E-state index in [0.29, 0.717) is 18.9 Å². The van der Waals surface area contributed by atoms with Gasteiger partial charge < -0.3 is 5.32 Å². The van der Waals surface area contributed by atoms with E-state index < -0.39 is 0 Å². The summed E-state index contributed by atoms with van der Waals surface area (Å²) >= 11 is 0. The molecule has 0 aromatic heterocycles. The second kappa shape index (κ2) is 8.38. The highest BCUT2D eigenvalue weighted by molar-refractivity contribution is 5.78. The van der Waals surface area contributed by atoms with Gasteiger partial charge in [-0.25, -0.2) is 0 Å². The SMILES string of the molecule is CC(C)Cc1ccc(CC(=O)NCCc2ccccc2)cc1. The molecule has 1 amide bonds. The van der Waals surface area contributed by atoms with Crippen molar-refractivity contribution in [3.63, 3.8) is 0 Å². The molecule has 2 nitrogen and oxygen atoms in total. The van der Waals surface area contributed by atoms with Crippen LogP contribution in [-0.2, 0) is 24.1 Å². The molecule has 0 spiro atoms. The number of benzene rings is 2. The Morgan fingerprint density at radius 2 is 1.55 bits per heavy atom. The molecule has 2 rings (SSSR count). The average Bonchev–Trinajstić information content (AvgIpc) is 2.50. The second-order valence-corrected chi connectivity index (χ2v) is 6.18. The molecule has 0 unspecified atom stereocenters. The first-order chi connectivity index (χ1) is 10.6. The molecule has 0 saturated carbocycles. The molecule has 0 heterocycles. The Labute approximate surface area is 133 Å². The maximum absolute atomic E-state index is 12.0. The fourth-order valence-corrected chi connectivity index (χ4v) is 2.50. The van der Waals surface area contributed by atoms with Crippen molar-refractivity contribution in [2.24, 2.45) is 5.92 Å². The summed E-state index contributed by atoms with van der Waals surface area (Å²) in [5.74, 6) is 0.750. The molecular formula is C20H25NO. The monoisotopic (exact) mass is 295 g/mol. The topological polar surface area (TPSA) is 29.1 Å². The van der Waals surface area contributed by atoms with Crippen LogP contribution in [0.15, 0.2) is 54.6 Å². The maximum atomic E-state index is 12.0. The van der Waals surface area contributed by atoms with Crippen molar-refractivity contribution in [3.05, 3.63) is 71.3 Å². The van der Waals surface area contributed by atoms with Crippen molar-refractivity contribution < 1.29 is 4.79 Å². The lowest BCUT2D eigenvalue weighted by atomic mass is 10.0. The maximum Gasteiger partial charge on any atom is 0.224 e. The Kier molecular flexibility index (Phi) is 6.20. The smallest absolute Gasteiger partial charge is 0.224 e. The van der Waals surface area contributed by atoms with E-state index in [4.69, 9.17) is 0 Å². The zero-order chi connectivity index (χ0) is 15.8. The summed E-state index contributed by atoms with van der Waals surface area (Å²) in [7, 11) is 0. The summed E-state index contributed by atoms with van der Waals surface area (Å²) in [5, 5.41) is 2.99. The normalized spacial score (nSPS) is 10.7. The lowest BCUT2D eigenvalue weighted by Gasteiger charge is -2.08. The molecule has 2 heteroatoms. The number of carbonyl (C=O) groups excluding carboxylic acids is 1. The Hall–Kier alpha value is -2.09. The standard InChI is InChI=1S/C20H25NO/c1-16(2)14-18-8-10-19(11-9-18)15-20(22)21-13-12-17-6-4-3-5-7-17/h3-11,16H,12-15H2,1-2H3,(H,21,22). The van der Waals surface area contributed by atoms with E-state index in [1.807, 2.05) is 18.2 Å². The van der Waals surface area contributed by atoms with Crippen LogP contribution in [-0.4, -0.2) is 12.5 Å². The number of carbonyl (C=O) groups is 1. The Morgan fingerprint density at radius 3 is 2.18 bits per heavy atom. The van der Waals surface area contributed by atoms with Gasteiger partial charge in [-0.3, -0.25) is 4.79 Å². The van der Waals surface area contributed by atoms with Crippen molar-refractivity contribution >= 4 is 5.91 Å². The van der Waals surface area contributed by atoms with Gasteiger partial charge in [0.2, 0.25) is 5.91 Å². The highest BCUT2D eigenvalue weighted by Gasteiger charge is 2.04. The second-order valence-electron chi connectivity index (χ2n) is 6.18. The molecule has 0 aliphatic rings. The molecule has 0 atom stereocenters. The van der Waals surface area contributed by atoms with Crippen LogP contribution in [0.5, 0.6) is 0 Å². The van der Waals surface area contributed by atoms with Crippen LogP contribution < -0.4 is 5.32 Å². The highest BCUT2D eigenvalue weighted by atomic mass is 16.1. The number of hydrogen-bond donors (Lipinski definition) is 1. The van der Waals surface area contributed by atoms with E-state index in [2.05, 4.69) is 55.6 Å². The van der Waals surface area contributed by atoms with Crippen LogP contribution in [0.4, 0.5) is 0 Å². The quantitative estimate of drug-likeness (QED) is 0.827. The summed E-state index contributed by atoms with van der Waals surface area (Å²) in [4.78, 5) is 12.0. The highest BCUT2D eigenvalue weighted by Crippen LogP contribution is 2.10. The lowest BCUT2D eigenvalue weighted by Crippen LogP contribution is -2.27.